The summed E-state index contributed by atoms with van der Waals surface area (Å²) in [4.78, 5) is 12.8. The normalized spacial score (nSPS) is 10.8. The van der Waals surface area contributed by atoms with Gasteiger partial charge in [0.15, 0.2) is 11.5 Å². The van der Waals surface area contributed by atoms with Gasteiger partial charge in [0.2, 0.25) is 0 Å². The van der Waals surface area contributed by atoms with Gasteiger partial charge in [-0.25, -0.2) is 0 Å². The van der Waals surface area contributed by atoms with Gasteiger partial charge >= 0.3 is 0 Å². The maximum atomic E-state index is 12.8. The van der Waals surface area contributed by atoms with Crippen molar-refractivity contribution in [1.82, 2.24) is 14.9 Å². The first kappa shape index (κ1) is 21.1. The van der Waals surface area contributed by atoms with Crippen LogP contribution in [0.4, 0.5) is 5.82 Å². The molecule has 0 saturated carbocycles. The minimum absolute atomic E-state index is 0.121. The van der Waals surface area contributed by atoms with Crippen LogP contribution in [0.1, 0.15) is 27.4 Å². The number of carbonyl (C=O) groups is 1. The molecule has 0 unspecified atom stereocenters. The summed E-state index contributed by atoms with van der Waals surface area (Å²) >= 11 is 9.40. The van der Waals surface area contributed by atoms with Crippen LogP contribution in [0.3, 0.4) is 0 Å². The molecule has 1 N–H and O–H groups in total. The van der Waals surface area contributed by atoms with Crippen LogP contribution in [0.25, 0.3) is 0 Å². The Morgan fingerprint density at radius 2 is 2.03 bits per heavy atom. The van der Waals surface area contributed by atoms with Crippen molar-refractivity contribution in [2.75, 3.05) is 5.32 Å². The highest BCUT2D eigenvalue weighted by atomic mass is 79.9. The van der Waals surface area contributed by atoms with Crippen molar-refractivity contribution in [2.24, 2.45) is 0 Å². The van der Waals surface area contributed by atoms with Gasteiger partial charge in [-0.3, -0.25) is 9.48 Å². The lowest BCUT2D eigenvalue weighted by Crippen LogP contribution is -2.16. The monoisotopic (exact) mass is 500 g/mol. The number of ether oxygens (including phenoxy) is 1. The molecule has 0 aliphatic carbocycles. The molecule has 0 fully saturated rings. The Morgan fingerprint density at radius 1 is 1.23 bits per heavy atom. The second-order valence-corrected chi connectivity index (χ2v) is 8.14. The Kier molecular flexibility index (Phi) is 6.39. The van der Waals surface area contributed by atoms with Gasteiger partial charge in [0, 0.05) is 21.8 Å². The molecular formula is C22H18BrClN4O3. The fourth-order valence-electron chi connectivity index (χ4n) is 2.92. The van der Waals surface area contributed by atoms with Crippen LogP contribution < -0.4 is 10.1 Å². The van der Waals surface area contributed by atoms with Crippen LogP contribution in [0.15, 0.2) is 69.8 Å². The molecule has 158 valence electrons. The Morgan fingerprint density at radius 3 is 2.81 bits per heavy atom. The standard InChI is InChI=1S/C22H18BrClN4O3/c1-14-19(13-30-18-4-2-3-17(24)11-18)21(27-31-14)22(29)25-20-9-10-28(26-20)12-15-5-7-16(23)8-6-15/h2-11H,12-13H2,1H3,(H,25,26,29). The number of rotatable bonds is 7. The lowest BCUT2D eigenvalue weighted by atomic mass is 10.2. The van der Waals surface area contributed by atoms with Gasteiger partial charge in [-0.15, -0.1) is 0 Å². The summed E-state index contributed by atoms with van der Waals surface area (Å²) in [7, 11) is 0. The number of carbonyl (C=O) groups excluding carboxylic acids is 1. The molecule has 0 saturated heterocycles. The van der Waals surface area contributed by atoms with Gasteiger partial charge in [-0.05, 0) is 42.8 Å². The van der Waals surface area contributed by atoms with Crippen molar-refractivity contribution in [2.45, 2.75) is 20.1 Å². The topological polar surface area (TPSA) is 82.2 Å². The Hall–Kier alpha value is -3.10. The van der Waals surface area contributed by atoms with Crippen LogP contribution in [-0.2, 0) is 13.2 Å². The van der Waals surface area contributed by atoms with E-state index >= 15 is 0 Å². The summed E-state index contributed by atoms with van der Waals surface area (Å²) in [5.74, 6) is 1.10. The van der Waals surface area contributed by atoms with Crippen LogP contribution in [0.2, 0.25) is 5.02 Å². The first-order valence-corrected chi connectivity index (χ1v) is 10.6. The molecule has 0 bridgehead atoms. The molecule has 0 radical (unpaired) electrons. The molecule has 0 aliphatic heterocycles. The molecule has 9 heteroatoms. The fourth-order valence-corrected chi connectivity index (χ4v) is 3.37. The molecular weight excluding hydrogens is 484 g/mol. The van der Waals surface area contributed by atoms with E-state index in [9.17, 15) is 4.79 Å². The van der Waals surface area contributed by atoms with E-state index in [0.717, 1.165) is 10.0 Å². The molecule has 0 aliphatic rings. The van der Waals surface area contributed by atoms with Crippen molar-refractivity contribution in [3.63, 3.8) is 0 Å². The van der Waals surface area contributed by atoms with Gasteiger partial charge < -0.3 is 14.6 Å². The Labute approximate surface area is 192 Å². The third-order valence-corrected chi connectivity index (χ3v) is 5.28. The Bertz CT molecular complexity index is 1200. The number of benzene rings is 2. The minimum Gasteiger partial charge on any atom is -0.489 e. The summed E-state index contributed by atoms with van der Waals surface area (Å²) in [6, 6.07) is 16.7. The van der Waals surface area contributed by atoms with Gasteiger partial charge in [-0.2, -0.15) is 5.10 Å². The number of hydrogen-bond acceptors (Lipinski definition) is 5. The zero-order chi connectivity index (χ0) is 21.8. The van der Waals surface area contributed by atoms with E-state index in [1.807, 2.05) is 24.3 Å². The lowest BCUT2D eigenvalue weighted by molar-refractivity contribution is 0.101. The van der Waals surface area contributed by atoms with Crippen molar-refractivity contribution in [3.05, 3.63) is 92.9 Å². The van der Waals surface area contributed by atoms with Crippen LogP contribution in [-0.4, -0.2) is 20.8 Å². The van der Waals surface area contributed by atoms with E-state index in [1.165, 1.54) is 0 Å². The molecule has 2 heterocycles. The first-order valence-electron chi connectivity index (χ1n) is 9.41. The van der Waals surface area contributed by atoms with E-state index < -0.39 is 5.91 Å². The minimum atomic E-state index is -0.421. The van der Waals surface area contributed by atoms with E-state index in [4.69, 9.17) is 20.9 Å². The van der Waals surface area contributed by atoms with E-state index in [0.29, 0.717) is 34.5 Å². The van der Waals surface area contributed by atoms with Crippen molar-refractivity contribution in [3.8, 4) is 5.75 Å². The third kappa shape index (κ3) is 5.34. The summed E-state index contributed by atoms with van der Waals surface area (Å²) in [6.07, 6.45) is 1.80. The molecule has 2 aromatic carbocycles. The second-order valence-electron chi connectivity index (χ2n) is 6.79. The summed E-state index contributed by atoms with van der Waals surface area (Å²) in [5.41, 5.74) is 1.81. The summed E-state index contributed by atoms with van der Waals surface area (Å²) < 4.78 is 13.7. The van der Waals surface area contributed by atoms with Crippen molar-refractivity contribution in [1.29, 1.82) is 0 Å². The van der Waals surface area contributed by atoms with Gasteiger partial charge in [0.05, 0.1) is 12.1 Å². The van der Waals surface area contributed by atoms with Crippen LogP contribution in [0.5, 0.6) is 5.75 Å². The zero-order valence-corrected chi connectivity index (χ0v) is 18.9. The fraction of sp³-hybridized carbons (Fsp3) is 0.136. The highest BCUT2D eigenvalue weighted by Gasteiger charge is 2.21. The summed E-state index contributed by atoms with van der Waals surface area (Å²) in [6.45, 7) is 2.44. The van der Waals surface area contributed by atoms with Crippen molar-refractivity contribution < 1.29 is 14.1 Å². The van der Waals surface area contributed by atoms with Crippen molar-refractivity contribution >= 4 is 39.3 Å². The maximum Gasteiger partial charge on any atom is 0.279 e. The number of aromatic nitrogens is 3. The third-order valence-electron chi connectivity index (χ3n) is 4.52. The predicted octanol–water partition coefficient (Wildman–Crippen LogP) is 5.48. The van der Waals surface area contributed by atoms with E-state index in [2.05, 4.69) is 31.5 Å². The predicted molar refractivity (Wildman–Crippen MR) is 120 cm³/mol. The first-order chi connectivity index (χ1) is 15.0. The SMILES string of the molecule is Cc1onc(C(=O)Nc2ccn(Cc3ccc(Br)cc3)n2)c1COc1cccc(Cl)c1. The second kappa shape index (κ2) is 9.36. The van der Waals surface area contributed by atoms with Gasteiger partial charge in [0.1, 0.15) is 18.1 Å². The smallest absolute Gasteiger partial charge is 0.279 e. The highest BCUT2D eigenvalue weighted by molar-refractivity contribution is 9.10. The van der Waals surface area contributed by atoms with E-state index in [-0.39, 0.29) is 12.3 Å². The number of amides is 1. The quantitative estimate of drug-likeness (QED) is 0.363. The van der Waals surface area contributed by atoms with E-state index in [1.54, 1.807) is 48.1 Å². The molecule has 1 amide bonds. The molecule has 0 spiro atoms. The van der Waals surface area contributed by atoms with Gasteiger partial charge in [-0.1, -0.05) is 50.9 Å². The number of halogens is 2. The van der Waals surface area contributed by atoms with Gasteiger partial charge in [0.25, 0.3) is 5.91 Å². The molecule has 0 atom stereocenters. The largest absolute Gasteiger partial charge is 0.489 e. The zero-order valence-electron chi connectivity index (χ0n) is 16.5. The number of aryl methyl sites for hydroxylation is 1. The highest BCUT2D eigenvalue weighted by Crippen LogP contribution is 2.21. The number of anilines is 1. The molecule has 4 aromatic rings. The summed E-state index contributed by atoms with van der Waals surface area (Å²) in [5, 5.41) is 11.6. The number of nitrogens with zero attached hydrogens (tertiary/aromatic N) is 3. The molecule has 7 nitrogen and oxygen atoms in total. The maximum absolute atomic E-state index is 12.8. The van der Waals surface area contributed by atoms with Crippen LogP contribution in [0, 0.1) is 6.92 Å². The number of hydrogen-bond donors (Lipinski definition) is 1. The number of nitrogens with one attached hydrogen (secondary N) is 1. The van der Waals surface area contributed by atoms with Crippen LogP contribution >= 0.6 is 27.5 Å². The average Bonchev–Trinajstić information content (AvgIpc) is 3.34. The molecule has 4 rings (SSSR count). The molecule has 31 heavy (non-hydrogen) atoms. The molecule has 2 aromatic heterocycles. The average molecular weight is 502 g/mol. The Balaban J connectivity index is 1.42. The lowest BCUT2D eigenvalue weighted by Gasteiger charge is -2.07.